The summed E-state index contributed by atoms with van der Waals surface area (Å²) in [5.74, 6) is 2.59. The van der Waals surface area contributed by atoms with Crippen molar-refractivity contribution >= 4 is 17.6 Å². The van der Waals surface area contributed by atoms with Crippen LogP contribution in [0.5, 0.6) is 5.75 Å². The Labute approximate surface area is 189 Å². The molecule has 7 nitrogen and oxygen atoms in total. The molecule has 0 aliphatic carbocycles. The summed E-state index contributed by atoms with van der Waals surface area (Å²) in [6, 6.07) is 7.61. The van der Waals surface area contributed by atoms with Crippen LogP contribution in [-0.2, 0) is 22.6 Å². The lowest BCUT2D eigenvalue weighted by Crippen LogP contribution is -2.37. The van der Waals surface area contributed by atoms with Crippen molar-refractivity contribution in [2.75, 3.05) is 18.6 Å². The number of amides is 2. The van der Waals surface area contributed by atoms with E-state index in [9.17, 15) is 9.59 Å². The molecule has 4 rings (SSSR count). The highest BCUT2D eigenvalue weighted by molar-refractivity contribution is 5.95. The Kier molecular flexibility index (Phi) is 6.44. The van der Waals surface area contributed by atoms with Gasteiger partial charge in [0.05, 0.1) is 19.7 Å². The third kappa shape index (κ3) is 4.33. The number of methoxy groups -OCH3 is 1. The molecule has 32 heavy (non-hydrogen) atoms. The molecule has 2 aromatic rings. The van der Waals surface area contributed by atoms with Crippen molar-refractivity contribution < 1.29 is 14.3 Å². The molecule has 170 valence electrons. The quantitative estimate of drug-likeness (QED) is 0.685. The van der Waals surface area contributed by atoms with Gasteiger partial charge in [0.1, 0.15) is 11.6 Å². The van der Waals surface area contributed by atoms with Crippen LogP contribution in [0.1, 0.15) is 68.2 Å². The van der Waals surface area contributed by atoms with Gasteiger partial charge in [-0.25, -0.2) is 9.97 Å². The van der Waals surface area contributed by atoms with E-state index in [1.54, 1.807) is 12.0 Å². The van der Waals surface area contributed by atoms with Crippen LogP contribution in [-0.4, -0.2) is 40.3 Å². The fraction of sp³-hybridized carbons (Fsp3) is 0.520. The summed E-state index contributed by atoms with van der Waals surface area (Å²) in [4.78, 5) is 39.2. The van der Waals surface area contributed by atoms with E-state index in [-0.39, 0.29) is 17.9 Å². The molecule has 0 spiro atoms. The fourth-order valence-electron chi connectivity index (χ4n) is 4.72. The summed E-state index contributed by atoms with van der Waals surface area (Å²) in [6.45, 7) is 7.23. The maximum atomic E-state index is 13.0. The number of carbonyl (C=O) groups excluding carboxylic acids is 2. The number of carbonyl (C=O) groups is 2. The van der Waals surface area contributed by atoms with Gasteiger partial charge in [0.25, 0.3) is 0 Å². The Bertz CT molecular complexity index is 1020. The van der Waals surface area contributed by atoms with Gasteiger partial charge >= 0.3 is 0 Å². The Morgan fingerprint density at radius 2 is 2.00 bits per heavy atom. The molecule has 2 amide bonds. The summed E-state index contributed by atoms with van der Waals surface area (Å²) in [7, 11) is 1.64. The van der Waals surface area contributed by atoms with E-state index in [1.807, 2.05) is 36.1 Å². The highest BCUT2D eigenvalue weighted by atomic mass is 16.5. The van der Waals surface area contributed by atoms with Crippen molar-refractivity contribution in [3.63, 3.8) is 0 Å². The molecule has 3 heterocycles. The van der Waals surface area contributed by atoms with Crippen LogP contribution >= 0.6 is 0 Å². The van der Waals surface area contributed by atoms with E-state index in [0.717, 1.165) is 42.0 Å². The van der Waals surface area contributed by atoms with Crippen molar-refractivity contribution in [2.24, 2.45) is 5.92 Å². The molecule has 7 heteroatoms. The summed E-state index contributed by atoms with van der Waals surface area (Å²) in [5, 5.41) is 0. The molecule has 0 saturated carbocycles. The summed E-state index contributed by atoms with van der Waals surface area (Å²) < 4.78 is 5.50. The zero-order chi connectivity index (χ0) is 22.8. The third-order valence-electron chi connectivity index (χ3n) is 6.33. The monoisotopic (exact) mass is 436 g/mol. The number of hydrogen-bond donors (Lipinski definition) is 0. The van der Waals surface area contributed by atoms with Crippen LogP contribution in [0.25, 0.3) is 0 Å². The lowest BCUT2D eigenvalue weighted by Gasteiger charge is -2.31. The second-order valence-electron chi connectivity index (χ2n) is 9.10. The van der Waals surface area contributed by atoms with Gasteiger partial charge < -0.3 is 9.64 Å². The molecular weight excluding hydrogens is 404 g/mol. The van der Waals surface area contributed by atoms with Crippen LogP contribution in [0, 0.1) is 12.8 Å². The Hall–Kier alpha value is -2.96. The van der Waals surface area contributed by atoms with Gasteiger partial charge in [-0.05, 0) is 38.2 Å². The van der Waals surface area contributed by atoms with E-state index in [0.29, 0.717) is 43.4 Å². The van der Waals surface area contributed by atoms with E-state index >= 15 is 0 Å². The predicted octanol–water partition coefficient (Wildman–Crippen LogP) is 3.98. The highest BCUT2D eigenvalue weighted by Gasteiger charge is 2.35. The zero-order valence-electron chi connectivity index (χ0n) is 19.4. The minimum absolute atomic E-state index is 0.0478. The SMILES string of the molecule is COc1ccccc1CN1C(=O)CCc2c(C)nc([C@H]3CCCN3C(=O)CC(C)C)nc21. The number of ether oxygens (including phenoxy) is 1. The minimum Gasteiger partial charge on any atom is -0.496 e. The third-order valence-corrected chi connectivity index (χ3v) is 6.33. The molecule has 1 aromatic carbocycles. The number of aromatic nitrogens is 2. The highest BCUT2D eigenvalue weighted by Crippen LogP contribution is 2.36. The second kappa shape index (κ2) is 9.27. The smallest absolute Gasteiger partial charge is 0.228 e. The first-order valence-corrected chi connectivity index (χ1v) is 11.5. The molecular formula is C25H32N4O3. The van der Waals surface area contributed by atoms with Gasteiger partial charge in [0.2, 0.25) is 11.8 Å². The van der Waals surface area contributed by atoms with Crippen molar-refractivity contribution in [1.82, 2.24) is 14.9 Å². The summed E-state index contributed by atoms with van der Waals surface area (Å²) in [6.07, 6.45) is 3.40. The van der Waals surface area contributed by atoms with Crippen molar-refractivity contribution in [1.29, 1.82) is 0 Å². The normalized spacial score (nSPS) is 18.3. The molecule has 2 aliphatic rings. The van der Waals surface area contributed by atoms with E-state index in [2.05, 4.69) is 13.8 Å². The molecule has 0 N–H and O–H groups in total. The number of hydrogen-bond acceptors (Lipinski definition) is 5. The topological polar surface area (TPSA) is 75.6 Å². The van der Waals surface area contributed by atoms with Crippen molar-refractivity contribution in [3.8, 4) is 5.75 Å². The minimum atomic E-state index is -0.129. The van der Waals surface area contributed by atoms with E-state index < -0.39 is 0 Å². The largest absolute Gasteiger partial charge is 0.496 e. The molecule has 0 bridgehead atoms. The van der Waals surface area contributed by atoms with Gasteiger partial charge in [-0.15, -0.1) is 0 Å². The van der Waals surface area contributed by atoms with Gasteiger partial charge in [-0.3, -0.25) is 14.5 Å². The van der Waals surface area contributed by atoms with Crippen LogP contribution in [0.3, 0.4) is 0 Å². The van der Waals surface area contributed by atoms with E-state index in [1.165, 1.54) is 0 Å². The van der Waals surface area contributed by atoms with Gasteiger partial charge in [-0.2, -0.15) is 0 Å². The number of para-hydroxylation sites is 1. The predicted molar refractivity (Wildman–Crippen MR) is 122 cm³/mol. The Balaban J connectivity index is 1.69. The summed E-state index contributed by atoms with van der Waals surface area (Å²) in [5.41, 5.74) is 2.84. The first-order valence-electron chi connectivity index (χ1n) is 11.5. The Morgan fingerprint density at radius 3 is 2.75 bits per heavy atom. The number of anilines is 1. The number of aryl methyl sites for hydroxylation is 1. The molecule has 1 aromatic heterocycles. The van der Waals surface area contributed by atoms with Gasteiger partial charge in [0.15, 0.2) is 5.82 Å². The zero-order valence-corrected chi connectivity index (χ0v) is 19.4. The molecule has 0 unspecified atom stereocenters. The molecule has 1 fully saturated rings. The number of nitrogens with zero attached hydrogens (tertiary/aromatic N) is 4. The van der Waals surface area contributed by atoms with E-state index in [4.69, 9.17) is 14.7 Å². The molecule has 1 atom stereocenters. The molecule has 1 saturated heterocycles. The van der Waals surface area contributed by atoms with Crippen LogP contribution in [0.15, 0.2) is 24.3 Å². The molecule has 2 aliphatic heterocycles. The average Bonchev–Trinajstić information content (AvgIpc) is 3.25. The van der Waals surface area contributed by atoms with Crippen molar-refractivity contribution in [2.45, 2.75) is 65.5 Å². The number of rotatable bonds is 6. The number of fused-ring (bicyclic) bond motifs is 1. The average molecular weight is 437 g/mol. The Morgan fingerprint density at radius 1 is 1.22 bits per heavy atom. The maximum absolute atomic E-state index is 13.0. The maximum Gasteiger partial charge on any atom is 0.228 e. The first kappa shape index (κ1) is 22.2. The second-order valence-corrected chi connectivity index (χ2v) is 9.10. The fourth-order valence-corrected chi connectivity index (χ4v) is 4.72. The van der Waals surface area contributed by atoms with Gasteiger partial charge in [-0.1, -0.05) is 32.0 Å². The van der Waals surface area contributed by atoms with Crippen LogP contribution in [0.4, 0.5) is 5.82 Å². The van der Waals surface area contributed by atoms with Gasteiger partial charge in [0, 0.05) is 36.2 Å². The lowest BCUT2D eigenvalue weighted by atomic mass is 10.0. The van der Waals surface area contributed by atoms with Crippen molar-refractivity contribution in [3.05, 3.63) is 46.9 Å². The lowest BCUT2D eigenvalue weighted by molar-refractivity contribution is -0.133. The first-order chi connectivity index (χ1) is 15.4. The van der Waals surface area contributed by atoms with Crippen LogP contribution < -0.4 is 9.64 Å². The summed E-state index contributed by atoms with van der Waals surface area (Å²) >= 11 is 0. The molecule has 0 radical (unpaired) electrons. The van der Waals surface area contributed by atoms with Crippen LogP contribution in [0.2, 0.25) is 0 Å². The standard InChI is InChI=1S/C25H32N4O3/c1-16(2)14-23(31)28-13-7-9-20(28)24-26-17(3)19-11-12-22(30)29(25(19)27-24)15-18-8-5-6-10-21(18)32-4/h5-6,8,10,16,20H,7,9,11-15H2,1-4H3/t20-/m1/s1. The number of likely N-dealkylation sites (tertiary alicyclic amines) is 1. The number of benzene rings is 1.